The van der Waals surface area contributed by atoms with Crippen molar-refractivity contribution in [3.05, 3.63) is 88.2 Å². The fraction of sp³-hybridized carbons (Fsp3) is 0.154. The highest BCUT2D eigenvalue weighted by Gasteiger charge is 2.20. The van der Waals surface area contributed by atoms with Crippen molar-refractivity contribution in [3.8, 4) is 17.1 Å². The molecule has 6 rings (SSSR count). The summed E-state index contributed by atoms with van der Waals surface area (Å²) in [6.45, 7) is 1.69. The Morgan fingerprint density at radius 1 is 0.972 bits per heavy atom. The summed E-state index contributed by atoms with van der Waals surface area (Å²) in [5, 5.41) is 0. The molecule has 4 aromatic heterocycles. The monoisotopic (exact) mass is 542 g/mol. The number of hydrogen-bond acceptors (Lipinski definition) is 7. The van der Waals surface area contributed by atoms with Gasteiger partial charge in [0.25, 0.3) is 5.91 Å². The second-order valence-corrected chi connectivity index (χ2v) is 9.16. The molecular formula is C26H23BrN8O. The van der Waals surface area contributed by atoms with Crippen molar-refractivity contribution >= 4 is 38.8 Å². The topological polar surface area (TPSA) is 138 Å². The lowest BCUT2D eigenvalue weighted by Gasteiger charge is -2.12. The van der Waals surface area contributed by atoms with E-state index < -0.39 is 5.91 Å². The lowest BCUT2D eigenvalue weighted by Crippen LogP contribution is -2.15. The van der Waals surface area contributed by atoms with Crippen molar-refractivity contribution in [2.75, 3.05) is 5.73 Å². The van der Waals surface area contributed by atoms with Gasteiger partial charge in [-0.1, -0.05) is 6.07 Å². The third-order valence-corrected chi connectivity index (χ3v) is 6.45. The Morgan fingerprint density at radius 3 is 2.53 bits per heavy atom. The third kappa shape index (κ3) is 4.55. The largest absolute Gasteiger partial charge is 0.383 e. The number of fused-ring (bicyclic) bond motifs is 2. The van der Waals surface area contributed by atoms with Crippen LogP contribution in [0.15, 0.2) is 65.7 Å². The van der Waals surface area contributed by atoms with Gasteiger partial charge >= 0.3 is 0 Å². The Labute approximate surface area is 215 Å². The number of nitrogen functional groups attached to an aromatic ring is 1. The standard InChI is InChI=1S/C20H16BrN5.C6H7N3O/c21-17-9-8-16-20(25-17)26(14-7-6-12-3-1-4-13(12)11-14)19(24-16)15-5-2-10-23-18(15)22;1-4-5(6(7)10)9-3-2-8-4/h2,5-11H,1,3-4H2,(H2,22,23);2-3H,1H3,(H2,7,10). The van der Waals surface area contributed by atoms with E-state index in [0.717, 1.165) is 45.7 Å². The maximum atomic E-state index is 10.5. The number of benzene rings is 1. The lowest BCUT2D eigenvalue weighted by atomic mass is 10.1. The van der Waals surface area contributed by atoms with Crippen LogP contribution in [0, 0.1) is 6.92 Å². The van der Waals surface area contributed by atoms with Crippen LogP contribution >= 0.6 is 15.9 Å². The minimum absolute atomic E-state index is 0.238. The first-order valence-corrected chi connectivity index (χ1v) is 12.2. The van der Waals surface area contributed by atoms with Gasteiger partial charge in [-0.15, -0.1) is 0 Å². The number of halogens is 1. The quantitative estimate of drug-likeness (QED) is 0.325. The van der Waals surface area contributed by atoms with Crippen LogP contribution in [0.5, 0.6) is 0 Å². The molecule has 0 fully saturated rings. The molecule has 4 heterocycles. The molecule has 0 saturated heterocycles. The zero-order valence-corrected chi connectivity index (χ0v) is 21.1. The van der Waals surface area contributed by atoms with E-state index in [1.54, 1.807) is 13.1 Å². The molecule has 1 amide bonds. The number of rotatable bonds is 3. The molecule has 0 atom stereocenters. The number of anilines is 1. The number of aromatic nitrogens is 6. The van der Waals surface area contributed by atoms with Crippen molar-refractivity contribution in [1.82, 2.24) is 29.5 Å². The molecule has 0 radical (unpaired) electrons. The van der Waals surface area contributed by atoms with Crippen LogP contribution < -0.4 is 11.5 Å². The molecule has 0 aliphatic heterocycles. The number of aryl methyl sites for hydroxylation is 3. The average Bonchev–Trinajstić information content (AvgIpc) is 3.48. The third-order valence-electron chi connectivity index (χ3n) is 6.00. The smallest absolute Gasteiger partial charge is 0.269 e. The minimum atomic E-state index is -0.536. The highest BCUT2D eigenvalue weighted by atomic mass is 79.9. The summed E-state index contributed by atoms with van der Waals surface area (Å²) in [5.74, 6) is 0.684. The van der Waals surface area contributed by atoms with Gasteiger partial charge in [-0.25, -0.2) is 19.9 Å². The summed E-state index contributed by atoms with van der Waals surface area (Å²) >= 11 is 3.48. The molecular weight excluding hydrogens is 520 g/mol. The SMILES string of the molecule is Cc1nccnc1C(N)=O.Nc1ncccc1-c1nc2ccc(Br)nc2n1-c1ccc2c(c1)CCC2. The molecule has 9 nitrogen and oxygen atoms in total. The number of carbonyl (C=O) groups is 1. The normalized spacial score (nSPS) is 12.2. The number of hydrogen-bond donors (Lipinski definition) is 2. The number of primary amides is 1. The van der Waals surface area contributed by atoms with Crippen LogP contribution in [0.1, 0.15) is 33.7 Å². The van der Waals surface area contributed by atoms with Crippen LogP contribution in [0.4, 0.5) is 5.82 Å². The number of nitrogens with two attached hydrogens (primary N) is 2. The molecule has 0 unspecified atom stereocenters. The van der Waals surface area contributed by atoms with Crippen LogP contribution in [0.2, 0.25) is 0 Å². The highest BCUT2D eigenvalue weighted by Crippen LogP contribution is 2.32. The van der Waals surface area contributed by atoms with E-state index in [2.05, 4.69) is 58.6 Å². The fourth-order valence-electron chi connectivity index (χ4n) is 4.31. The molecule has 10 heteroatoms. The molecule has 5 aromatic rings. The van der Waals surface area contributed by atoms with Crippen molar-refractivity contribution in [1.29, 1.82) is 0 Å². The number of nitrogens with zero attached hydrogens (tertiary/aromatic N) is 6. The van der Waals surface area contributed by atoms with E-state index in [4.69, 9.17) is 16.5 Å². The first-order chi connectivity index (χ1) is 17.4. The van der Waals surface area contributed by atoms with Gasteiger partial charge in [0.05, 0.1) is 11.3 Å². The minimum Gasteiger partial charge on any atom is -0.383 e. The summed E-state index contributed by atoms with van der Waals surface area (Å²) in [6, 6.07) is 14.3. The molecule has 0 saturated carbocycles. The van der Waals surface area contributed by atoms with Crippen LogP contribution in [0.25, 0.3) is 28.2 Å². The molecule has 0 bridgehead atoms. The van der Waals surface area contributed by atoms with Crippen LogP contribution in [-0.4, -0.2) is 35.4 Å². The van der Waals surface area contributed by atoms with Gasteiger partial charge in [0, 0.05) is 24.3 Å². The summed E-state index contributed by atoms with van der Waals surface area (Å²) in [7, 11) is 0. The lowest BCUT2D eigenvalue weighted by molar-refractivity contribution is 0.0994. The number of imidazole rings is 1. The Balaban J connectivity index is 0.000000226. The Kier molecular flexibility index (Phi) is 6.43. The molecule has 1 aliphatic carbocycles. The summed E-state index contributed by atoms with van der Waals surface area (Å²) in [5.41, 5.74) is 18.3. The van der Waals surface area contributed by atoms with Crippen LogP contribution in [-0.2, 0) is 12.8 Å². The van der Waals surface area contributed by atoms with Crippen molar-refractivity contribution < 1.29 is 4.79 Å². The molecule has 36 heavy (non-hydrogen) atoms. The second kappa shape index (κ2) is 9.82. The molecule has 180 valence electrons. The van der Waals surface area contributed by atoms with E-state index in [1.165, 1.54) is 29.9 Å². The first kappa shape index (κ1) is 23.6. The number of carbonyl (C=O) groups excluding carboxylic acids is 1. The summed E-state index contributed by atoms with van der Waals surface area (Å²) in [6.07, 6.45) is 8.14. The van der Waals surface area contributed by atoms with Crippen molar-refractivity contribution in [3.63, 3.8) is 0 Å². The fourth-order valence-corrected chi connectivity index (χ4v) is 4.61. The molecule has 0 spiro atoms. The predicted molar refractivity (Wildman–Crippen MR) is 142 cm³/mol. The maximum absolute atomic E-state index is 10.5. The van der Waals surface area contributed by atoms with E-state index in [-0.39, 0.29) is 5.69 Å². The zero-order valence-electron chi connectivity index (χ0n) is 19.5. The van der Waals surface area contributed by atoms with E-state index in [9.17, 15) is 4.79 Å². The Hall–Kier alpha value is -4.18. The maximum Gasteiger partial charge on any atom is 0.269 e. The first-order valence-electron chi connectivity index (χ1n) is 11.4. The predicted octanol–water partition coefficient (Wildman–Crippen LogP) is 4.20. The van der Waals surface area contributed by atoms with Crippen molar-refractivity contribution in [2.24, 2.45) is 5.73 Å². The summed E-state index contributed by atoms with van der Waals surface area (Å²) in [4.78, 5) is 31.8. The Morgan fingerprint density at radius 2 is 1.78 bits per heavy atom. The zero-order chi connectivity index (χ0) is 25.2. The van der Waals surface area contributed by atoms with E-state index >= 15 is 0 Å². The van der Waals surface area contributed by atoms with Gasteiger partial charge in [0.15, 0.2) is 11.5 Å². The van der Waals surface area contributed by atoms with E-state index in [0.29, 0.717) is 11.5 Å². The number of pyridine rings is 2. The van der Waals surface area contributed by atoms with Gasteiger partial charge in [-0.05, 0) is 89.6 Å². The average molecular weight is 543 g/mol. The van der Waals surface area contributed by atoms with E-state index in [1.807, 2.05) is 24.3 Å². The van der Waals surface area contributed by atoms with Gasteiger partial charge in [-0.3, -0.25) is 14.3 Å². The van der Waals surface area contributed by atoms with Gasteiger partial charge in [0.2, 0.25) is 0 Å². The highest BCUT2D eigenvalue weighted by molar-refractivity contribution is 9.10. The van der Waals surface area contributed by atoms with Crippen molar-refractivity contribution in [2.45, 2.75) is 26.2 Å². The van der Waals surface area contributed by atoms with Gasteiger partial charge in [-0.2, -0.15) is 0 Å². The molecule has 1 aliphatic rings. The van der Waals surface area contributed by atoms with Gasteiger partial charge < -0.3 is 11.5 Å². The van der Waals surface area contributed by atoms with Crippen LogP contribution in [0.3, 0.4) is 0 Å². The summed E-state index contributed by atoms with van der Waals surface area (Å²) < 4.78 is 2.85. The Bertz CT molecular complexity index is 1600. The second-order valence-electron chi connectivity index (χ2n) is 8.34. The number of amides is 1. The van der Waals surface area contributed by atoms with Gasteiger partial charge in [0.1, 0.15) is 21.6 Å². The molecule has 4 N–H and O–H groups in total. The molecule has 1 aromatic carbocycles.